The van der Waals surface area contributed by atoms with Gasteiger partial charge in [0.1, 0.15) is 5.69 Å². The number of nitrogens with one attached hydrogen (secondary N) is 1. The van der Waals surface area contributed by atoms with Crippen molar-refractivity contribution in [3.63, 3.8) is 0 Å². The summed E-state index contributed by atoms with van der Waals surface area (Å²) in [7, 11) is 0. The molecule has 0 unspecified atom stereocenters. The topological polar surface area (TPSA) is 55.2 Å². The summed E-state index contributed by atoms with van der Waals surface area (Å²) >= 11 is 0. The maximum Gasteiger partial charge on any atom is 0.292 e. The summed E-state index contributed by atoms with van der Waals surface area (Å²) in [6.07, 6.45) is 0. The summed E-state index contributed by atoms with van der Waals surface area (Å²) in [5.41, 5.74) is 1.73. The van der Waals surface area contributed by atoms with Gasteiger partial charge >= 0.3 is 0 Å². The second-order valence-electron chi connectivity index (χ2n) is 5.76. The zero-order valence-electron chi connectivity index (χ0n) is 12.4. The first kappa shape index (κ1) is 15.5. The normalized spacial score (nSPS) is 11.4. The molecule has 1 N–H and O–H groups in total. The molecule has 19 heavy (non-hydrogen) atoms. The minimum absolute atomic E-state index is 0.159. The molecule has 0 saturated heterocycles. The molecule has 0 bridgehead atoms. The number of aryl methyl sites for hydroxylation is 1. The third-order valence-corrected chi connectivity index (χ3v) is 3.67. The van der Waals surface area contributed by atoms with E-state index in [0.29, 0.717) is 23.4 Å². The van der Waals surface area contributed by atoms with Gasteiger partial charge in [-0.1, -0.05) is 39.8 Å². The number of hydrogen-bond donors (Lipinski definition) is 1. The number of nitro groups is 1. The van der Waals surface area contributed by atoms with Crippen molar-refractivity contribution in [1.82, 2.24) is 0 Å². The quantitative estimate of drug-likeness (QED) is 0.617. The van der Waals surface area contributed by atoms with Gasteiger partial charge in [-0.25, -0.2) is 0 Å². The fraction of sp³-hybridized carbons (Fsp3) is 0.600. The molecule has 0 aliphatic carbocycles. The van der Waals surface area contributed by atoms with Gasteiger partial charge in [0.25, 0.3) is 5.69 Å². The first-order chi connectivity index (χ1) is 8.84. The van der Waals surface area contributed by atoms with Crippen molar-refractivity contribution >= 4 is 11.4 Å². The molecule has 0 heterocycles. The minimum atomic E-state index is -0.324. The minimum Gasteiger partial charge on any atom is -0.379 e. The lowest BCUT2D eigenvalue weighted by Gasteiger charge is -2.25. The second-order valence-corrected chi connectivity index (χ2v) is 5.76. The zero-order valence-corrected chi connectivity index (χ0v) is 12.4. The third-order valence-electron chi connectivity index (χ3n) is 3.67. The molecule has 0 aliphatic rings. The average Bonchev–Trinajstić information content (AvgIpc) is 2.29. The summed E-state index contributed by atoms with van der Waals surface area (Å²) in [6, 6.07) is 5.17. The number of anilines is 1. The highest BCUT2D eigenvalue weighted by Gasteiger charge is 2.20. The Labute approximate surface area is 115 Å². The predicted octanol–water partition coefficient (Wildman–Crippen LogP) is 4.24. The Bertz CT molecular complexity index is 434. The Kier molecular flexibility index (Phi) is 5.33. The molecule has 0 amide bonds. The Morgan fingerprint density at radius 3 is 2.26 bits per heavy atom. The van der Waals surface area contributed by atoms with E-state index >= 15 is 0 Å². The summed E-state index contributed by atoms with van der Waals surface area (Å²) in [6.45, 7) is 11.4. The van der Waals surface area contributed by atoms with Crippen LogP contribution in [0.1, 0.15) is 33.3 Å². The molecule has 0 saturated carbocycles. The van der Waals surface area contributed by atoms with Gasteiger partial charge in [0.15, 0.2) is 0 Å². The van der Waals surface area contributed by atoms with Gasteiger partial charge in [0.2, 0.25) is 0 Å². The SMILES string of the molecule is Cc1cccc([N+](=O)[O-])c1NCC(C(C)C)C(C)C. The molecule has 0 atom stereocenters. The van der Waals surface area contributed by atoms with E-state index in [9.17, 15) is 10.1 Å². The molecule has 1 rings (SSSR count). The van der Waals surface area contributed by atoms with Crippen LogP contribution in [0, 0.1) is 34.8 Å². The highest BCUT2D eigenvalue weighted by atomic mass is 16.6. The molecular weight excluding hydrogens is 240 g/mol. The average molecular weight is 264 g/mol. The Morgan fingerprint density at radius 2 is 1.79 bits per heavy atom. The van der Waals surface area contributed by atoms with Gasteiger partial charge in [-0.3, -0.25) is 10.1 Å². The van der Waals surface area contributed by atoms with Crippen molar-refractivity contribution in [2.24, 2.45) is 17.8 Å². The van der Waals surface area contributed by atoms with E-state index in [-0.39, 0.29) is 10.6 Å². The lowest BCUT2D eigenvalue weighted by Crippen LogP contribution is -2.25. The van der Waals surface area contributed by atoms with Crippen molar-refractivity contribution in [3.8, 4) is 0 Å². The highest BCUT2D eigenvalue weighted by molar-refractivity contribution is 5.65. The van der Waals surface area contributed by atoms with Gasteiger partial charge in [-0.05, 0) is 30.2 Å². The van der Waals surface area contributed by atoms with E-state index in [1.165, 1.54) is 0 Å². The fourth-order valence-electron chi connectivity index (χ4n) is 2.50. The van der Waals surface area contributed by atoms with Crippen LogP contribution in [0.4, 0.5) is 11.4 Å². The van der Waals surface area contributed by atoms with Crippen molar-refractivity contribution in [2.75, 3.05) is 11.9 Å². The van der Waals surface area contributed by atoms with Crippen LogP contribution in [-0.2, 0) is 0 Å². The smallest absolute Gasteiger partial charge is 0.292 e. The van der Waals surface area contributed by atoms with Crippen molar-refractivity contribution in [1.29, 1.82) is 0 Å². The van der Waals surface area contributed by atoms with E-state index in [0.717, 1.165) is 12.1 Å². The summed E-state index contributed by atoms with van der Waals surface area (Å²) in [4.78, 5) is 10.7. The zero-order chi connectivity index (χ0) is 14.6. The summed E-state index contributed by atoms with van der Waals surface area (Å²) < 4.78 is 0. The van der Waals surface area contributed by atoms with Gasteiger partial charge in [-0.2, -0.15) is 0 Å². The van der Waals surface area contributed by atoms with Gasteiger partial charge in [0.05, 0.1) is 4.92 Å². The molecule has 4 nitrogen and oxygen atoms in total. The fourth-order valence-corrected chi connectivity index (χ4v) is 2.50. The summed E-state index contributed by atoms with van der Waals surface area (Å²) in [5, 5.41) is 14.3. The third kappa shape index (κ3) is 3.94. The monoisotopic (exact) mass is 264 g/mol. The highest BCUT2D eigenvalue weighted by Crippen LogP contribution is 2.29. The number of nitrogens with zero attached hydrogens (tertiary/aromatic N) is 1. The van der Waals surface area contributed by atoms with E-state index in [1.807, 2.05) is 13.0 Å². The lowest BCUT2D eigenvalue weighted by atomic mass is 9.85. The standard InChI is InChI=1S/C15H24N2O2/c1-10(2)13(11(3)4)9-16-15-12(5)7-6-8-14(15)17(18)19/h6-8,10-11,13,16H,9H2,1-5H3. The van der Waals surface area contributed by atoms with Crippen LogP contribution in [0.15, 0.2) is 18.2 Å². The molecule has 1 aromatic rings. The molecule has 0 spiro atoms. The number of para-hydroxylation sites is 1. The summed E-state index contributed by atoms with van der Waals surface area (Å²) in [5.74, 6) is 1.60. The van der Waals surface area contributed by atoms with Crippen LogP contribution in [-0.4, -0.2) is 11.5 Å². The molecule has 0 aliphatic heterocycles. The van der Waals surface area contributed by atoms with Crippen molar-refractivity contribution < 1.29 is 4.92 Å². The lowest BCUT2D eigenvalue weighted by molar-refractivity contribution is -0.384. The first-order valence-corrected chi connectivity index (χ1v) is 6.82. The second kappa shape index (κ2) is 6.55. The first-order valence-electron chi connectivity index (χ1n) is 6.82. The number of benzene rings is 1. The van der Waals surface area contributed by atoms with Crippen molar-refractivity contribution in [2.45, 2.75) is 34.6 Å². The van der Waals surface area contributed by atoms with E-state index < -0.39 is 0 Å². The van der Waals surface area contributed by atoms with Gasteiger partial charge in [0, 0.05) is 12.6 Å². The predicted molar refractivity (Wildman–Crippen MR) is 79.5 cm³/mol. The molecule has 0 radical (unpaired) electrons. The molecule has 1 aromatic carbocycles. The molecule has 0 aromatic heterocycles. The molecule has 4 heteroatoms. The van der Waals surface area contributed by atoms with E-state index in [2.05, 4.69) is 33.0 Å². The number of hydrogen-bond acceptors (Lipinski definition) is 3. The van der Waals surface area contributed by atoms with E-state index in [4.69, 9.17) is 0 Å². The molecule has 106 valence electrons. The van der Waals surface area contributed by atoms with Gasteiger partial charge < -0.3 is 5.32 Å². The largest absolute Gasteiger partial charge is 0.379 e. The molecule has 0 fully saturated rings. The Balaban J connectivity index is 2.90. The van der Waals surface area contributed by atoms with Crippen LogP contribution in [0.3, 0.4) is 0 Å². The number of rotatable bonds is 6. The maximum atomic E-state index is 11.1. The Morgan fingerprint density at radius 1 is 1.21 bits per heavy atom. The van der Waals surface area contributed by atoms with E-state index in [1.54, 1.807) is 12.1 Å². The van der Waals surface area contributed by atoms with Crippen LogP contribution in [0.25, 0.3) is 0 Å². The van der Waals surface area contributed by atoms with Gasteiger partial charge in [-0.15, -0.1) is 0 Å². The van der Waals surface area contributed by atoms with Crippen LogP contribution in [0.5, 0.6) is 0 Å². The Hall–Kier alpha value is -1.58. The van der Waals surface area contributed by atoms with Crippen LogP contribution in [0.2, 0.25) is 0 Å². The van der Waals surface area contributed by atoms with Crippen LogP contribution >= 0.6 is 0 Å². The van der Waals surface area contributed by atoms with Crippen LogP contribution < -0.4 is 5.32 Å². The molecular formula is C15H24N2O2. The maximum absolute atomic E-state index is 11.1. The van der Waals surface area contributed by atoms with Crippen molar-refractivity contribution in [3.05, 3.63) is 33.9 Å². The number of nitro benzene ring substituents is 1.